The molecule has 0 N–H and O–H groups in total. The number of hydrogen-bond acceptors (Lipinski definition) is 1. The van der Waals surface area contributed by atoms with Gasteiger partial charge < -0.3 is 4.74 Å². The predicted octanol–water partition coefficient (Wildman–Crippen LogP) is 4.73. The Bertz CT molecular complexity index is 301. The third-order valence-corrected chi connectivity index (χ3v) is 3.71. The molecule has 1 aromatic rings. The third-order valence-electron chi connectivity index (χ3n) is 3.71. The SMILES string of the molecule is CCCOC(c1ccccc1)C1CCCCC1. The third kappa shape index (κ3) is 3.57. The highest BCUT2D eigenvalue weighted by Gasteiger charge is 2.25. The topological polar surface area (TPSA) is 9.23 Å². The smallest absolute Gasteiger partial charge is 0.0853 e. The zero-order valence-corrected chi connectivity index (χ0v) is 10.9. The Morgan fingerprint density at radius 2 is 1.82 bits per heavy atom. The van der Waals surface area contributed by atoms with Crippen LogP contribution in [0.15, 0.2) is 30.3 Å². The molecule has 1 aliphatic rings. The first-order valence-corrected chi connectivity index (χ1v) is 7.08. The monoisotopic (exact) mass is 232 g/mol. The molecule has 0 bridgehead atoms. The number of ether oxygens (including phenoxy) is 1. The van der Waals surface area contributed by atoms with Crippen LogP contribution in [-0.2, 0) is 4.74 Å². The Hall–Kier alpha value is -0.820. The van der Waals surface area contributed by atoms with Crippen molar-refractivity contribution in [1.29, 1.82) is 0 Å². The van der Waals surface area contributed by atoms with Gasteiger partial charge in [-0.1, -0.05) is 56.5 Å². The van der Waals surface area contributed by atoms with Crippen molar-refractivity contribution in [2.75, 3.05) is 6.61 Å². The van der Waals surface area contributed by atoms with Gasteiger partial charge in [0, 0.05) is 6.61 Å². The lowest BCUT2D eigenvalue weighted by atomic mass is 9.82. The summed E-state index contributed by atoms with van der Waals surface area (Å²) in [5.41, 5.74) is 1.37. The van der Waals surface area contributed by atoms with E-state index in [1.54, 1.807) is 0 Å². The number of rotatable bonds is 5. The van der Waals surface area contributed by atoms with E-state index in [-0.39, 0.29) is 0 Å². The van der Waals surface area contributed by atoms with E-state index in [1.807, 2.05) is 0 Å². The summed E-state index contributed by atoms with van der Waals surface area (Å²) < 4.78 is 6.12. The van der Waals surface area contributed by atoms with Crippen LogP contribution in [0.1, 0.15) is 57.1 Å². The first-order chi connectivity index (χ1) is 8.42. The fourth-order valence-corrected chi connectivity index (χ4v) is 2.83. The van der Waals surface area contributed by atoms with Gasteiger partial charge in [0.15, 0.2) is 0 Å². The van der Waals surface area contributed by atoms with Crippen molar-refractivity contribution < 1.29 is 4.74 Å². The minimum absolute atomic E-state index is 0.330. The van der Waals surface area contributed by atoms with Gasteiger partial charge in [-0.05, 0) is 30.7 Å². The summed E-state index contributed by atoms with van der Waals surface area (Å²) in [6, 6.07) is 10.8. The van der Waals surface area contributed by atoms with Gasteiger partial charge in [-0.2, -0.15) is 0 Å². The summed E-state index contributed by atoms with van der Waals surface area (Å²) in [7, 11) is 0. The van der Waals surface area contributed by atoms with Crippen molar-refractivity contribution in [1.82, 2.24) is 0 Å². The van der Waals surface area contributed by atoms with Crippen LogP contribution in [0.5, 0.6) is 0 Å². The molecule has 1 aliphatic carbocycles. The van der Waals surface area contributed by atoms with Gasteiger partial charge in [-0.3, -0.25) is 0 Å². The van der Waals surface area contributed by atoms with Crippen molar-refractivity contribution in [3.8, 4) is 0 Å². The second-order valence-corrected chi connectivity index (χ2v) is 5.10. The molecule has 1 nitrogen and oxygen atoms in total. The molecule has 1 unspecified atom stereocenters. The van der Waals surface area contributed by atoms with Crippen LogP contribution in [-0.4, -0.2) is 6.61 Å². The fraction of sp³-hybridized carbons (Fsp3) is 0.625. The Morgan fingerprint density at radius 3 is 2.47 bits per heavy atom. The Kier molecular flexibility index (Phi) is 5.06. The second kappa shape index (κ2) is 6.80. The van der Waals surface area contributed by atoms with E-state index in [9.17, 15) is 0 Å². The lowest BCUT2D eigenvalue weighted by Crippen LogP contribution is -2.19. The van der Waals surface area contributed by atoms with E-state index < -0.39 is 0 Å². The minimum Gasteiger partial charge on any atom is -0.373 e. The van der Waals surface area contributed by atoms with E-state index in [0.29, 0.717) is 6.10 Å². The van der Waals surface area contributed by atoms with Crippen LogP contribution in [0.2, 0.25) is 0 Å². The zero-order valence-electron chi connectivity index (χ0n) is 10.9. The number of hydrogen-bond donors (Lipinski definition) is 0. The maximum Gasteiger partial charge on any atom is 0.0853 e. The van der Waals surface area contributed by atoms with E-state index in [0.717, 1.165) is 18.9 Å². The standard InChI is InChI=1S/C16H24O/c1-2-13-17-16(14-9-5-3-6-10-14)15-11-7-4-8-12-15/h3,5-6,9-10,15-16H,2,4,7-8,11-13H2,1H3. The van der Waals surface area contributed by atoms with Gasteiger partial charge in [0.2, 0.25) is 0 Å². The molecule has 1 saturated carbocycles. The van der Waals surface area contributed by atoms with Crippen LogP contribution < -0.4 is 0 Å². The lowest BCUT2D eigenvalue weighted by Gasteiger charge is -2.30. The summed E-state index contributed by atoms with van der Waals surface area (Å²) in [6.45, 7) is 3.07. The molecular formula is C16H24O. The normalized spacial score (nSPS) is 19.1. The molecule has 1 fully saturated rings. The zero-order chi connectivity index (χ0) is 11.9. The highest BCUT2D eigenvalue weighted by molar-refractivity contribution is 5.18. The van der Waals surface area contributed by atoms with E-state index in [4.69, 9.17) is 4.74 Å². The van der Waals surface area contributed by atoms with Crippen molar-refractivity contribution in [2.24, 2.45) is 5.92 Å². The second-order valence-electron chi connectivity index (χ2n) is 5.10. The fourth-order valence-electron chi connectivity index (χ4n) is 2.83. The lowest BCUT2D eigenvalue weighted by molar-refractivity contribution is -0.00114. The first-order valence-electron chi connectivity index (χ1n) is 7.08. The van der Waals surface area contributed by atoms with Crippen LogP contribution in [0.3, 0.4) is 0 Å². The molecule has 2 rings (SSSR count). The predicted molar refractivity (Wildman–Crippen MR) is 72.0 cm³/mol. The van der Waals surface area contributed by atoms with E-state index >= 15 is 0 Å². The van der Waals surface area contributed by atoms with Crippen LogP contribution >= 0.6 is 0 Å². The highest BCUT2D eigenvalue weighted by atomic mass is 16.5. The minimum atomic E-state index is 0.330. The van der Waals surface area contributed by atoms with Gasteiger partial charge in [0.1, 0.15) is 0 Å². The number of benzene rings is 1. The molecule has 0 aromatic heterocycles. The van der Waals surface area contributed by atoms with Crippen molar-refractivity contribution in [2.45, 2.75) is 51.6 Å². The molecule has 0 spiro atoms. The molecule has 17 heavy (non-hydrogen) atoms. The summed E-state index contributed by atoms with van der Waals surface area (Å²) in [6.07, 6.45) is 8.28. The van der Waals surface area contributed by atoms with Crippen LogP contribution in [0.4, 0.5) is 0 Å². The summed E-state index contributed by atoms with van der Waals surface area (Å²) in [5, 5.41) is 0. The molecular weight excluding hydrogens is 208 g/mol. The summed E-state index contributed by atoms with van der Waals surface area (Å²) >= 11 is 0. The van der Waals surface area contributed by atoms with Gasteiger partial charge in [0.25, 0.3) is 0 Å². The van der Waals surface area contributed by atoms with Gasteiger partial charge >= 0.3 is 0 Å². The molecule has 1 atom stereocenters. The Morgan fingerprint density at radius 1 is 1.12 bits per heavy atom. The summed E-state index contributed by atoms with van der Waals surface area (Å²) in [5.74, 6) is 0.734. The average molecular weight is 232 g/mol. The maximum atomic E-state index is 6.12. The van der Waals surface area contributed by atoms with Crippen molar-refractivity contribution >= 4 is 0 Å². The maximum absolute atomic E-state index is 6.12. The molecule has 94 valence electrons. The van der Waals surface area contributed by atoms with Gasteiger partial charge in [0.05, 0.1) is 6.10 Å². The van der Waals surface area contributed by atoms with Crippen LogP contribution in [0.25, 0.3) is 0 Å². The molecule has 0 amide bonds. The van der Waals surface area contributed by atoms with Crippen molar-refractivity contribution in [3.05, 3.63) is 35.9 Å². The van der Waals surface area contributed by atoms with Gasteiger partial charge in [-0.25, -0.2) is 0 Å². The average Bonchev–Trinajstić information content (AvgIpc) is 2.42. The Labute approximate surface area is 105 Å². The Balaban J connectivity index is 2.06. The molecule has 1 aromatic carbocycles. The quantitative estimate of drug-likeness (QED) is 0.713. The van der Waals surface area contributed by atoms with E-state index in [2.05, 4.69) is 37.3 Å². The van der Waals surface area contributed by atoms with E-state index in [1.165, 1.54) is 37.7 Å². The highest BCUT2D eigenvalue weighted by Crippen LogP contribution is 2.36. The summed E-state index contributed by atoms with van der Waals surface area (Å²) in [4.78, 5) is 0. The molecule has 1 heteroatoms. The molecule has 0 aliphatic heterocycles. The molecule has 0 radical (unpaired) electrons. The van der Waals surface area contributed by atoms with Crippen LogP contribution in [0, 0.1) is 5.92 Å². The van der Waals surface area contributed by atoms with Gasteiger partial charge in [-0.15, -0.1) is 0 Å². The largest absolute Gasteiger partial charge is 0.373 e. The molecule has 0 saturated heterocycles. The van der Waals surface area contributed by atoms with Crippen molar-refractivity contribution in [3.63, 3.8) is 0 Å². The molecule has 0 heterocycles. The first kappa shape index (κ1) is 12.6.